The topological polar surface area (TPSA) is 152 Å². The van der Waals surface area contributed by atoms with Crippen LogP contribution >= 0.6 is 0 Å². The second kappa shape index (κ2) is 7.54. The Bertz CT molecular complexity index is 658. The lowest BCUT2D eigenvalue weighted by Gasteiger charge is -2.08. The number of carbonyl (C=O) groups excluding carboxylic acids is 1. The van der Waals surface area contributed by atoms with Gasteiger partial charge in [0.2, 0.25) is 5.71 Å². The minimum absolute atomic E-state index is 0.229. The predicted molar refractivity (Wildman–Crippen MR) is 80.8 cm³/mol. The zero-order valence-corrected chi connectivity index (χ0v) is 11.8. The van der Waals surface area contributed by atoms with E-state index in [0.29, 0.717) is 11.3 Å². The fourth-order valence-corrected chi connectivity index (χ4v) is 1.61. The van der Waals surface area contributed by atoms with E-state index < -0.39 is 17.7 Å². The smallest absolute Gasteiger partial charge is 0.304 e. The Labute approximate surface area is 126 Å². The van der Waals surface area contributed by atoms with E-state index in [2.05, 4.69) is 10.5 Å². The number of nitrogens with one attached hydrogen (secondary N) is 2. The molecule has 0 saturated carbocycles. The van der Waals surface area contributed by atoms with Gasteiger partial charge in [-0.3, -0.25) is 20.4 Å². The first kappa shape index (κ1) is 16.8. The lowest BCUT2D eigenvalue weighted by molar-refractivity contribution is -0.137. The number of rotatable bonds is 7. The highest BCUT2D eigenvalue weighted by Gasteiger charge is 2.18. The Balaban J connectivity index is 2.79. The molecule has 8 nitrogen and oxygen atoms in total. The van der Waals surface area contributed by atoms with Crippen LogP contribution in [0.5, 0.6) is 0 Å². The van der Waals surface area contributed by atoms with Gasteiger partial charge < -0.3 is 10.8 Å². The molecule has 22 heavy (non-hydrogen) atoms. The number of Topliss-reactive ketones (excluding diaryl/α,β-unsaturated/α-hetero) is 1. The Hall–Kier alpha value is -3.21. The monoisotopic (exact) mass is 301 g/mol. The summed E-state index contributed by atoms with van der Waals surface area (Å²) in [5.74, 6) is -2.36. The number of aliphatic carboxylic acids is 1. The van der Waals surface area contributed by atoms with Gasteiger partial charge in [-0.1, -0.05) is 6.92 Å². The van der Waals surface area contributed by atoms with Crippen LogP contribution in [0.15, 0.2) is 29.4 Å². The summed E-state index contributed by atoms with van der Waals surface area (Å²) in [4.78, 5) is 22.6. The van der Waals surface area contributed by atoms with Crippen LogP contribution in [-0.2, 0) is 4.79 Å². The number of amidine groups is 1. The Morgan fingerprint density at radius 1 is 1.45 bits per heavy atom. The van der Waals surface area contributed by atoms with Gasteiger partial charge in [0, 0.05) is 11.5 Å². The van der Waals surface area contributed by atoms with Crippen molar-refractivity contribution >= 4 is 29.0 Å². The molecule has 1 rings (SSSR count). The fraction of sp³-hybridized carbons (Fsp3) is 0.214. The largest absolute Gasteiger partial charge is 0.481 e. The number of carboxylic acids is 1. The summed E-state index contributed by atoms with van der Waals surface area (Å²) in [7, 11) is 0. The molecule has 1 aromatic carbocycles. The zero-order valence-electron chi connectivity index (χ0n) is 11.8. The van der Waals surface area contributed by atoms with Crippen molar-refractivity contribution in [3.05, 3.63) is 29.8 Å². The van der Waals surface area contributed by atoms with Crippen molar-refractivity contribution in [1.82, 2.24) is 0 Å². The first-order valence-corrected chi connectivity index (χ1v) is 6.29. The molecule has 0 radical (unpaired) electrons. The molecule has 0 amide bonds. The third kappa shape index (κ3) is 4.72. The van der Waals surface area contributed by atoms with E-state index in [9.17, 15) is 9.59 Å². The van der Waals surface area contributed by atoms with Gasteiger partial charge in [0.05, 0.1) is 12.1 Å². The maximum atomic E-state index is 12.0. The van der Waals surface area contributed by atoms with Crippen LogP contribution in [0, 0.1) is 22.7 Å². The average molecular weight is 301 g/mol. The Morgan fingerprint density at radius 3 is 2.50 bits per heavy atom. The van der Waals surface area contributed by atoms with E-state index in [1.807, 2.05) is 0 Å². The number of benzene rings is 1. The molecule has 8 heteroatoms. The highest BCUT2D eigenvalue weighted by molar-refractivity contribution is 6.45. The molecular weight excluding hydrogens is 286 g/mol. The number of nitrogens with zero attached hydrogens (tertiary/aromatic N) is 2. The van der Waals surface area contributed by atoms with Gasteiger partial charge in [-0.2, -0.15) is 10.4 Å². The van der Waals surface area contributed by atoms with Crippen LogP contribution in [0.3, 0.4) is 0 Å². The SMILES string of the molecule is CC(CC(=O)O)C(=O)c1ccc(N/N=C(\C#N)C(=N)N)cc1. The number of carbonyl (C=O) groups is 2. The number of hydrogen-bond donors (Lipinski definition) is 4. The summed E-state index contributed by atoms with van der Waals surface area (Å²) in [6.45, 7) is 1.55. The van der Waals surface area contributed by atoms with Gasteiger partial charge in [0.25, 0.3) is 0 Å². The molecular formula is C14H15N5O3. The number of hydrazone groups is 1. The summed E-state index contributed by atoms with van der Waals surface area (Å²) in [5, 5.41) is 28.1. The number of hydrogen-bond acceptors (Lipinski definition) is 6. The number of nitriles is 1. The Morgan fingerprint density at radius 2 is 2.05 bits per heavy atom. The molecule has 0 fully saturated rings. The van der Waals surface area contributed by atoms with Crippen LogP contribution in [0.1, 0.15) is 23.7 Å². The lowest BCUT2D eigenvalue weighted by Crippen LogP contribution is -2.21. The van der Waals surface area contributed by atoms with Gasteiger partial charge in [0.1, 0.15) is 6.07 Å². The summed E-state index contributed by atoms with van der Waals surface area (Å²) in [6.07, 6.45) is -0.229. The molecule has 0 spiro atoms. The van der Waals surface area contributed by atoms with Gasteiger partial charge in [-0.05, 0) is 24.3 Å². The minimum Gasteiger partial charge on any atom is -0.481 e. The molecule has 0 aliphatic carbocycles. The molecule has 0 aromatic heterocycles. The highest BCUT2D eigenvalue weighted by Crippen LogP contribution is 2.15. The molecule has 1 atom stereocenters. The summed E-state index contributed by atoms with van der Waals surface area (Å²) >= 11 is 0. The molecule has 0 saturated heterocycles. The summed E-state index contributed by atoms with van der Waals surface area (Å²) < 4.78 is 0. The van der Waals surface area contributed by atoms with Crippen LogP contribution in [0.4, 0.5) is 5.69 Å². The van der Waals surface area contributed by atoms with E-state index in [0.717, 1.165) is 0 Å². The second-order valence-corrected chi connectivity index (χ2v) is 4.54. The molecule has 0 heterocycles. The molecule has 0 bridgehead atoms. The van der Waals surface area contributed by atoms with Crippen LogP contribution in [0.2, 0.25) is 0 Å². The molecule has 1 unspecified atom stereocenters. The van der Waals surface area contributed by atoms with E-state index >= 15 is 0 Å². The first-order valence-electron chi connectivity index (χ1n) is 6.29. The minimum atomic E-state index is -1.03. The summed E-state index contributed by atoms with van der Waals surface area (Å²) in [6, 6.07) is 7.82. The van der Waals surface area contributed by atoms with Crippen molar-refractivity contribution < 1.29 is 14.7 Å². The quantitative estimate of drug-likeness (QED) is 0.257. The van der Waals surface area contributed by atoms with Crippen molar-refractivity contribution in [2.75, 3.05) is 5.43 Å². The normalized spacial score (nSPS) is 12.1. The van der Waals surface area contributed by atoms with E-state index in [1.54, 1.807) is 25.1 Å². The number of anilines is 1. The highest BCUT2D eigenvalue weighted by atomic mass is 16.4. The van der Waals surface area contributed by atoms with Crippen molar-refractivity contribution in [3.63, 3.8) is 0 Å². The van der Waals surface area contributed by atoms with Crippen molar-refractivity contribution in [2.45, 2.75) is 13.3 Å². The molecule has 0 aliphatic heterocycles. The van der Waals surface area contributed by atoms with Crippen LogP contribution in [0.25, 0.3) is 0 Å². The lowest BCUT2D eigenvalue weighted by atomic mass is 9.96. The number of nitrogens with two attached hydrogens (primary N) is 1. The maximum absolute atomic E-state index is 12.0. The van der Waals surface area contributed by atoms with Crippen LogP contribution in [-0.4, -0.2) is 28.4 Å². The molecule has 114 valence electrons. The Kier molecular flexibility index (Phi) is 5.77. The van der Waals surface area contributed by atoms with E-state index in [-0.39, 0.29) is 17.9 Å². The van der Waals surface area contributed by atoms with Crippen molar-refractivity contribution in [2.24, 2.45) is 16.8 Å². The third-order valence-electron chi connectivity index (χ3n) is 2.76. The average Bonchev–Trinajstić information content (AvgIpc) is 2.46. The second-order valence-electron chi connectivity index (χ2n) is 4.54. The third-order valence-corrected chi connectivity index (χ3v) is 2.76. The van der Waals surface area contributed by atoms with Crippen molar-refractivity contribution in [3.8, 4) is 6.07 Å². The van der Waals surface area contributed by atoms with Gasteiger partial charge in [0.15, 0.2) is 11.6 Å². The maximum Gasteiger partial charge on any atom is 0.304 e. The number of ketones is 1. The number of carboxylic acid groups (broad SMARTS) is 1. The molecule has 5 N–H and O–H groups in total. The zero-order chi connectivity index (χ0) is 16.7. The van der Waals surface area contributed by atoms with E-state index in [4.69, 9.17) is 21.5 Å². The fourth-order valence-electron chi connectivity index (χ4n) is 1.61. The molecule has 1 aromatic rings. The molecule has 0 aliphatic rings. The standard InChI is InChI=1S/C14H15N5O3/c1-8(6-12(20)21)13(22)9-2-4-10(5-3-9)18-19-11(7-15)14(16)17/h2-5,8,18H,6H2,1H3,(H3,16,17)(H,20,21)/b19-11+. The first-order chi connectivity index (χ1) is 10.3. The van der Waals surface area contributed by atoms with Gasteiger partial charge in [-0.25, -0.2) is 0 Å². The van der Waals surface area contributed by atoms with E-state index in [1.165, 1.54) is 12.1 Å². The predicted octanol–water partition coefficient (Wildman–Crippen LogP) is 1.21. The van der Waals surface area contributed by atoms with Gasteiger partial charge >= 0.3 is 5.97 Å². The summed E-state index contributed by atoms with van der Waals surface area (Å²) in [5.41, 5.74) is 8.32. The van der Waals surface area contributed by atoms with Gasteiger partial charge in [-0.15, -0.1) is 0 Å². The van der Waals surface area contributed by atoms with Crippen LogP contribution < -0.4 is 11.2 Å². The van der Waals surface area contributed by atoms with Crippen molar-refractivity contribution in [1.29, 1.82) is 10.7 Å².